The number of carbonyl (C=O) groups is 1. The largest absolute Gasteiger partial charge is 0.351 e. The minimum absolute atomic E-state index is 0.0759. The van der Waals surface area contributed by atoms with Crippen molar-refractivity contribution in [3.8, 4) is 22.2 Å². The number of nitrogens with zero attached hydrogens (tertiary/aromatic N) is 2. The number of amides is 1. The Kier molecular flexibility index (Phi) is 4.27. The number of hydrogen-bond donors (Lipinski definition) is 1. The van der Waals surface area contributed by atoms with Crippen LogP contribution in [0.1, 0.15) is 17.7 Å². The fraction of sp³-hybridized carbons (Fsp3) is 0.235. The average molecular weight is 378 g/mol. The monoisotopic (exact) mass is 377 g/mol. The number of carbonyl (C=O) groups excluding carboxylic acids is 1. The second-order valence-electron chi connectivity index (χ2n) is 5.81. The number of hydrogen-bond acceptors (Lipinski definition) is 5. The minimum Gasteiger partial charge on any atom is -0.351 e. The molecule has 0 aliphatic heterocycles. The summed E-state index contributed by atoms with van der Waals surface area (Å²) >= 11 is 7.35. The van der Waals surface area contributed by atoms with E-state index >= 15 is 0 Å². The number of halogens is 2. The molecule has 0 unspecified atom stereocenters. The molecule has 1 amide bonds. The third-order valence-electron chi connectivity index (χ3n) is 3.85. The molecule has 0 saturated heterocycles. The van der Waals surface area contributed by atoms with Crippen molar-refractivity contribution in [3.63, 3.8) is 0 Å². The lowest BCUT2D eigenvalue weighted by Gasteiger charge is -2.00. The molecule has 0 atom stereocenters. The van der Waals surface area contributed by atoms with Crippen LogP contribution in [0.4, 0.5) is 4.39 Å². The van der Waals surface area contributed by atoms with Crippen molar-refractivity contribution in [1.29, 1.82) is 0 Å². The molecule has 1 fully saturated rings. The Morgan fingerprint density at radius 2 is 2.20 bits per heavy atom. The number of benzene rings is 1. The molecule has 0 bridgehead atoms. The summed E-state index contributed by atoms with van der Waals surface area (Å²) in [5.41, 5.74) is 0.166. The van der Waals surface area contributed by atoms with Crippen molar-refractivity contribution in [3.05, 3.63) is 46.0 Å². The normalized spacial score (nSPS) is 13.8. The molecule has 1 aliphatic carbocycles. The molecule has 0 radical (unpaired) electrons. The van der Waals surface area contributed by atoms with Gasteiger partial charge in [-0.2, -0.15) is 4.98 Å². The summed E-state index contributed by atoms with van der Waals surface area (Å²) in [5.74, 6) is 0.264. The molecule has 128 valence electrons. The van der Waals surface area contributed by atoms with Crippen LogP contribution in [0.2, 0.25) is 5.02 Å². The Morgan fingerprint density at radius 1 is 1.36 bits per heavy atom. The number of thiophene rings is 1. The molecule has 2 aromatic heterocycles. The van der Waals surface area contributed by atoms with Gasteiger partial charge in [-0.25, -0.2) is 4.39 Å². The Morgan fingerprint density at radius 3 is 3.00 bits per heavy atom. The molecule has 4 rings (SSSR count). The van der Waals surface area contributed by atoms with Gasteiger partial charge in [0.25, 0.3) is 5.89 Å². The molecule has 1 aliphatic rings. The highest BCUT2D eigenvalue weighted by atomic mass is 35.5. The van der Waals surface area contributed by atoms with Crippen LogP contribution in [0.5, 0.6) is 0 Å². The van der Waals surface area contributed by atoms with Crippen molar-refractivity contribution in [1.82, 2.24) is 15.5 Å². The van der Waals surface area contributed by atoms with Crippen LogP contribution in [0.25, 0.3) is 22.2 Å². The van der Waals surface area contributed by atoms with E-state index in [0.717, 1.165) is 22.6 Å². The highest BCUT2D eigenvalue weighted by Gasteiger charge is 2.29. The van der Waals surface area contributed by atoms with Gasteiger partial charge in [-0.3, -0.25) is 4.79 Å². The maximum absolute atomic E-state index is 13.9. The predicted molar refractivity (Wildman–Crippen MR) is 92.6 cm³/mol. The minimum atomic E-state index is -0.478. The summed E-state index contributed by atoms with van der Waals surface area (Å²) in [4.78, 5) is 17.7. The summed E-state index contributed by atoms with van der Waals surface area (Å²) in [6.07, 6.45) is 1.96. The van der Waals surface area contributed by atoms with E-state index in [2.05, 4.69) is 15.5 Å². The van der Waals surface area contributed by atoms with Gasteiger partial charge >= 0.3 is 0 Å². The van der Waals surface area contributed by atoms with Crippen molar-refractivity contribution >= 4 is 28.8 Å². The first-order valence-corrected chi connectivity index (χ1v) is 8.95. The van der Waals surface area contributed by atoms with Crippen LogP contribution in [0.3, 0.4) is 0 Å². The maximum Gasteiger partial charge on any atom is 0.261 e. The molecule has 3 aromatic rings. The lowest BCUT2D eigenvalue weighted by Crippen LogP contribution is -2.23. The quantitative estimate of drug-likeness (QED) is 0.720. The van der Waals surface area contributed by atoms with Gasteiger partial charge in [0.1, 0.15) is 5.82 Å². The average Bonchev–Trinajstić information content (AvgIpc) is 3.16. The first kappa shape index (κ1) is 16.2. The lowest BCUT2D eigenvalue weighted by molar-refractivity contribution is -0.122. The van der Waals surface area contributed by atoms with Gasteiger partial charge in [-0.1, -0.05) is 16.8 Å². The fourth-order valence-electron chi connectivity index (χ4n) is 2.35. The number of aromatic nitrogens is 2. The highest BCUT2D eigenvalue weighted by Crippen LogP contribution is 2.31. The van der Waals surface area contributed by atoms with Crippen LogP contribution in [0, 0.1) is 11.7 Å². The summed E-state index contributed by atoms with van der Waals surface area (Å²) < 4.78 is 19.1. The van der Waals surface area contributed by atoms with E-state index in [0.29, 0.717) is 17.4 Å². The van der Waals surface area contributed by atoms with E-state index < -0.39 is 5.82 Å². The van der Waals surface area contributed by atoms with Crippen molar-refractivity contribution in [2.45, 2.75) is 19.4 Å². The van der Waals surface area contributed by atoms with Crippen LogP contribution >= 0.6 is 22.9 Å². The SMILES string of the molecule is O=C(NCc1ccc(-c2noc(-c3cc(Cl)ccc3F)n2)s1)C1CC1. The van der Waals surface area contributed by atoms with Crippen LogP contribution in [0.15, 0.2) is 34.9 Å². The van der Waals surface area contributed by atoms with Crippen LogP contribution < -0.4 is 5.32 Å². The summed E-state index contributed by atoms with van der Waals surface area (Å²) in [7, 11) is 0. The highest BCUT2D eigenvalue weighted by molar-refractivity contribution is 7.15. The van der Waals surface area contributed by atoms with Gasteiger partial charge in [0.2, 0.25) is 11.7 Å². The van der Waals surface area contributed by atoms with Gasteiger partial charge in [0.05, 0.1) is 17.0 Å². The predicted octanol–water partition coefficient (Wildman–Crippen LogP) is 4.28. The van der Waals surface area contributed by atoms with Crippen molar-refractivity contribution in [2.24, 2.45) is 5.92 Å². The van der Waals surface area contributed by atoms with E-state index in [9.17, 15) is 9.18 Å². The summed E-state index contributed by atoms with van der Waals surface area (Å²) in [6, 6.07) is 7.92. The molecule has 25 heavy (non-hydrogen) atoms. The zero-order valence-corrected chi connectivity index (χ0v) is 14.5. The molecule has 0 spiro atoms. The molecule has 5 nitrogen and oxygen atoms in total. The van der Waals surface area contributed by atoms with E-state index in [1.165, 1.54) is 29.5 Å². The van der Waals surface area contributed by atoms with Gasteiger partial charge in [-0.05, 0) is 43.2 Å². The van der Waals surface area contributed by atoms with Crippen molar-refractivity contribution in [2.75, 3.05) is 0 Å². The molecule has 2 heterocycles. The molecule has 1 aromatic carbocycles. The van der Waals surface area contributed by atoms with Gasteiger partial charge in [0, 0.05) is 15.8 Å². The van der Waals surface area contributed by atoms with E-state index in [4.69, 9.17) is 16.1 Å². The summed E-state index contributed by atoms with van der Waals surface area (Å²) in [5, 5.41) is 7.21. The van der Waals surface area contributed by atoms with Gasteiger partial charge in [-0.15, -0.1) is 11.3 Å². The molecular formula is C17H13ClFN3O2S. The first-order chi connectivity index (χ1) is 12.1. The molecule has 8 heteroatoms. The van der Waals surface area contributed by atoms with E-state index in [-0.39, 0.29) is 23.3 Å². The molecule has 1 saturated carbocycles. The third-order valence-corrected chi connectivity index (χ3v) is 5.17. The molecule has 1 N–H and O–H groups in total. The Labute approximate surface area is 151 Å². The second kappa shape index (κ2) is 6.57. The smallest absolute Gasteiger partial charge is 0.261 e. The Hall–Kier alpha value is -2.25. The Balaban J connectivity index is 1.50. The van der Waals surface area contributed by atoms with Gasteiger partial charge in [0.15, 0.2) is 0 Å². The number of nitrogens with one attached hydrogen (secondary N) is 1. The van der Waals surface area contributed by atoms with Crippen LogP contribution in [-0.4, -0.2) is 16.0 Å². The zero-order chi connectivity index (χ0) is 17.4. The maximum atomic E-state index is 13.9. The number of rotatable bonds is 5. The molecular weight excluding hydrogens is 365 g/mol. The standard InChI is InChI=1S/C17H13ClFN3O2S/c18-10-3-5-13(19)12(7-10)17-21-15(22-24-17)14-6-4-11(25-14)8-20-16(23)9-1-2-9/h3-7,9H,1-2,8H2,(H,20,23). The second-order valence-corrected chi connectivity index (χ2v) is 7.41. The van der Waals surface area contributed by atoms with Gasteiger partial charge < -0.3 is 9.84 Å². The van der Waals surface area contributed by atoms with Crippen molar-refractivity contribution < 1.29 is 13.7 Å². The van der Waals surface area contributed by atoms with Crippen LogP contribution in [-0.2, 0) is 11.3 Å². The van der Waals surface area contributed by atoms with E-state index in [1.807, 2.05) is 12.1 Å². The van der Waals surface area contributed by atoms with E-state index in [1.54, 1.807) is 0 Å². The zero-order valence-electron chi connectivity index (χ0n) is 13.0. The Bertz CT molecular complexity index is 936. The first-order valence-electron chi connectivity index (χ1n) is 7.76. The lowest BCUT2D eigenvalue weighted by atomic mass is 10.2. The fourth-order valence-corrected chi connectivity index (χ4v) is 3.40. The topological polar surface area (TPSA) is 68.0 Å². The third kappa shape index (κ3) is 3.57. The summed E-state index contributed by atoms with van der Waals surface area (Å²) in [6.45, 7) is 0.480.